The summed E-state index contributed by atoms with van der Waals surface area (Å²) in [6.45, 7) is 0. The molecule has 0 N–H and O–H groups in total. The van der Waals surface area contributed by atoms with Crippen LogP contribution in [0.15, 0.2) is 22.8 Å². The van der Waals surface area contributed by atoms with E-state index in [0.717, 1.165) is 4.60 Å². The van der Waals surface area contributed by atoms with Crippen LogP contribution in [0.25, 0.3) is 0 Å². The average Bonchev–Trinajstić information content (AvgIpc) is 1.69. The van der Waals surface area contributed by atoms with E-state index in [4.69, 9.17) is 0 Å². The van der Waals surface area contributed by atoms with Crippen LogP contribution in [0, 0.1) is 6.20 Å². The molecule has 0 saturated carbocycles. The molecule has 1 heterocycles. The number of nitrogens with zero attached hydrogens (tertiary/aromatic N) is 1. The largest absolute Gasteiger partial charge is 0.380 e. The van der Waals surface area contributed by atoms with Crippen molar-refractivity contribution in [2.24, 2.45) is 0 Å². The van der Waals surface area contributed by atoms with Gasteiger partial charge in [-0.05, 0) is 4.60 Å². The predicted molar refractivity (Wildman–Crippen MR) is 30.8 cm³/mol. The van der Waals surface area contributed by atoms with Crippen LogP contribution in [0.1, 0.15) is 0 Å². The Hall–Kier alpha value is 0.253. The summed E-state index contributed by atoms with van der Waals surface area (Å²) in [5, 5.41) is 0. The van der Waals surface area contributed by atoms with Gasteiger partial charge in [-0.15, -0.1) is 22.0 Å². The van der Waals surface area contributed by atoms with E-state index in [9.17, 15) is 0 Å². The molecule has 0 aliphatic carbocycles. The van der Waals surface area contributed by atoms with Crippen molar-refractivity contribution in [1.29, 1.82) is 0 Å². The molecule has 1 aromatic rings. The summed E-state index contributed by atoms with van der Waals surface area (Å²) in [7, 11) is 0. The van der Waals surface area contributed by atoms with E-state index < -0.39 is 0 Å². The van der Waals surface area contributed by atoms with Crippen LogP contribution in [0.2, 0.25) is 0 Å². The van der Waals surface area contributed by atoms with E-state index in [0.29, 0.717) is 0 Å². The smallest absolute Gasteiger partial charge is 0 e. The third-order valence-electron chi connectivity index (χ3n) is 0.576. The quantitative estimate of drug-likeness (QED) is 0.392. The Labute approximate surface area is 69.4 Å². The van der Waals surface area contributed by atoms with Crippen LogP contribution in [0.3, 0.4) is 0 Å². The molecule has 1 rings (SSSR count). The number of rotatable bonds is 0. The molecule has 0 aromatic carbocycles. The van der Waals surface area contributed by atoms with Crippen molar-refractivity contribution in [2.75, 3.05) is 0 Å². The maximum absolute atomic E-state index is 3.77. The van der Waals surface area contributed by atoms with Gasteiger partial charge < -0.3 is 4.98 Å². The van der Waals surface area contributed by atoms with Gasteiger partial charge in [0.15, 0.2) is 0 Å². The summed E-state index contributed by atoms with van der Waals surface area (Å²) in [5.74, 6) is 0. The standard InChI is InChI=1S/C5H3BrN.Rh/c6-5-3-1-2-4-7-5;/h1-3H;/q-1;. The van der Waals surface area contributed by atoms with Gasteiger partial charge in [-0.3, -0.25) is 0 Å². The summed E-state index contributed by atoms with van der Waals surface area (Å²) in [6, 6.07) is 5.48. The van der Waals surface area contributed by atoms with Gasteiger partial charge in [-0.25, -0.2) is 0 Å². The molecule has 0 bridgehead atoms. The maximum Gasteiger partial charge on any atom is 0 e. The van der Waals surface area contributed by atoms with Crippen molar-refractivity contribution >= 4 is 15.9 Å². The van der Waals surface area contributed by atoms with Crippen molar-refractivity contribution in [1.82, 2.24) is 4.98 Å². The zero-order valence-electron chi connectivity index (χ0n) is 3.89. The van der Waals surface area contributed by atoms with Gasteiger partial charge in [0.25, 0.3) is 0 Å². The molecule has 0 fully saturated rings. The first-order valence-corrected chi connectivity index (χ1v) is 2.67. The van der Waals surface area contributed by atoms with Gasteiger partial charge in [0.1, 0.15) is 0 Å². The Kier molecular flexibility index (Phi) is 4.30. The van der Waals surface area contributed by atoms with Gasteiger partial charge in [0.2, 0.25) is 0 Å². The first-order valence-electron chi connectivity index (χ1n) is 1.88. The second kappa shape index (κ2) is 4.16. The molecule has 8 heavy (non-hydrogen) atoms. The fourth-order valence-corrected chi connectivity index (χ4v) is 0.562. The van der Waals surface area contributed by atoms with E-state index in [1.54, 1.807) is 6.07 Å². The summed E-state index contributed by atoms with van der Waals surface area (Å²) in [6.07, 6.45) is 2.66. The van der Waals surface area contributed by atoms with Crippen LogP contribution in [0.5, 0.6) is 0 Å². The number of halogens is 1. The van der Waals surface area contributed by atoms with E-state index in [2.05, 4.69) is 27.1 Å². The molecule has 0 amide bonds. The molecule has 0 spiro atoms. The molecular weight excluding hydrogens is 257 g/mol. The molecular formula is C5H3BrNRh-. The summed E-state index contributed by atoms with van der Waals surface area (Å²) < 4.78 is 0.829. The average molecular weight is 260 g/mol. The van der Waals surface area contributed by atoms with Crippen LogP contribution >= 0.6 is 15.9 Å². The first kappa shape index (κ1) is 8.25. The van der Waals surface area contributed by atoms with Crippen molar-refractivity contribution in [3.05, 3.63) is 29.0 Å². The molecule has 0 aliphatic heterocycles. The van der Waals surface area contributed by atoms with E-state index in [1.807, 2.05) is 12.1 Å². The van der Waals surface area contributed by atoms with Crippen molar-refractivity contribution in [3.8, 4) is 0 Å². The molecule has 0 aliphatic rings. The Bertz CT molecular complexity index is 142. The maximum atomic E-state index is 3.77. The minimum atomic E-state index is 0. The first-order chi connectivity index (χ1) is 3.39. The van der Waals surface area contributed by atoms with Gasteiger partial charge in [0.05, 0.1) is 0 Å². The Morgan fingerprint density at radius 1 is 1.62 bits per heavy atom. The third-order valence-corrected chi connectivity index (χ3v) is 1.02. The van der Waals surface area contributed by atoms with Crippen LogP contribution in [-0.4, -0.2) is 4.98 Å². The molecule has 45 valence electrons. The number of aromatic nitrogens is 1. The van der Waals surface area contributed by atoms with Crippen LogP contribution < -0.4 is 0 Å². The normalized spacial score (nSPS) is 7.62. The third kappa shape index (κ3) is 2.53. The number of pyridine rings is 1. The summed E-state index contributed by atoms with van der Waals surface area (Å²) in [5.41, 5.74) is 0. The van der Waals surface area contributed by atoms with E-state index >= 15 is 0 Å². The van der Waals surface area contributed by atoms with Crippen molar-refractivity contribution in [2.45, 2.75) is 0 Å². The van der Waals surface area contributed by atoms with Gasteiger partial charge in [-0.2, -0.15) is 12.1 Å². The van der Waals surface area contributed by atoms with Gasteiger partial charge >= 0.3 is 0 Å². The van der Waals surface area contributed by atoms with Gasteiger partial charge in [0, 0.05) is 19.5 Å². The SMILES string of the molecule is Brc1ccc[c-]n1.[Rh]. The topological polar surface area (TPSA) is 12.9 Å². The fourth-order valence-electron chi connectivity index (χ4n) is 0.307. The molecule has 3 heteroatoms. The monoisotopic (exact) mass is 259 g/mol. The Balaban J connectivity index is 0.000000490. The second-order valence-corrected chi connectivity index (χ2v) is 1.90. The number of hydrogen-bond acceptors (Lipinski definition) is 1. The Morgan fingerprint density at radius 3 is 2.62 bits per heavy atom. The molecule has 0 atom stereocenters. The summed E-state index contributed by atoms with van der Waals surface area (Å²) in [4.78, 5) is 3.77. The molecule has 1 nitrogen and oxygen atoms in total. The van der Waals surface area contributed by atoms with E-state index in [-0.39, 0.29) is 19.5 Å². The van der Waals surface area contributed by atoms with Crippen molar-refractivity contribution < 1.29 is 19.5 Å². The molecule has 0 unspecified atom stereocenters. The van der Waals surface area contributed by atoms with Gasteiger partial charge in [-0.1, -0.05) is 6.20 Å². The summed E-state index contributed by atoms with van der Waals surface area (Å²) >= 11 is 3.17. The van der Waals surface area contributed by atoms with Crippen molar-refractivity contribution in [3.63, 3.8) is 0 Å². The zero-order valence-corrected chi connectivity index (χ0v) is 7.12. The molecule has 0 saturated heterocycles. The number of hydrogen-bond donors (Lipinski definition) is 0. The second-order valence-electron chi connectivity index (χ2n) is 1.09. The minimum absolute atomic E-state index is 0. The van der Waals surface area contributed by atoms with Crippen LogP contribution in [0.4, 0.5) is 0 Å². The van der Waals surface area contributed by atoms with Crippen LogP contribution in [-0.2, 0) is 19.5 Å². The molecule has 1 aromatic heterocycles. The van der Waals surface area contributed by atoms with E-state index in [1.165, 1.54) is 0 Å². The minimum Gasteiger partial charge on any atom is -0.380 e. The Morgan fingerprint density at radius 2 is 2.38 bits per heavy atom. The molecule has 1 radical (unpaired) electrons. The predicted octanol–water partition coefficient (Wildman–Crippen LogP) is 1.64. The zero-order chi connectivity index (χ0) is 5.11. The fraction of sp³-hybridized carbons (Fsp3) is 0.